The quantitative estimate of drug-likeness (QED) is 0.0321. The monoisotopic (exact) mass is 1040 g/mol. The smallest absolute Gasteiger partial charge is 0.220 e. The van der Waals surface area contributed by atoms with Gasteiger partial charge in [-0.15, -0.1) is 0 Å². The molecule has 0 aromatic carbocycles. The van der Waals surface area contributed by atoms with Gasteiger partial charge >= 0.3 is 0 Å². The van der Waals surface area contributed by atoms with Crippen molar-refractivity contribution in [3.8, 4) is 0 Å². The van der Waals surface area contributed by atoms with Crippen LogP contribution in [0.5, 0.6) is 0 Å². The molecule has 1 amide bonds. The lowest BCUT2D eigenvalue weighted by Gasteiger charge is -2.48. The van der Waals surface area contributed by atoms with Crippen molar-refractivity contribution in [2.24, 2.45) is 0 Å². The zero-order chi connectivity index (χ0) is 53.4. The fourth-order valence-electron chi connectivity index (χ4n) is 8.29. The zero-order valence-electron chi connectivity index (χ0n) is 42.8. The number of allylic oxidation sites excluding steroid dienone is 13. The van der Waals surface area contributed by atoms with Crippen LogP contribution >= 0.6 is 0 Å². The SMILES string of the molecule is CC/C=C\C/C=C\C/C=C\C/C=C\C/C=C\CCCCCC(=O)NC(COC1OC(CO)C(OC2OC(CO)C(OC3OC(CO)C(O)C(O)C3O)C(O)C2O)C(O)C1O)C(O)/C=C/CC/C=C/CCCCC. The molecule has 3 aliphatic rings. The molecule has 0 bridgehead atoms. The number of carbonyl (C=O) groups is 1. The Morgan fingerprint density at radius 3 is 1.51 bits per heavy atom. The molecular weight excluding hydrogens is 951 g/mol. The number of hydrogen-bond acceptors (Lipinski definition) is 18. The molecule has 3 aliphatic heterocycles. The van der Waals surface area contributed by atoms with Crippen molar-refractivity contribution in [3.05, 3.63) is 85.1 Å². The number of hydrogen-bond donors (Lipinski definition) is 12. The molecule has 0 aromatic heterocycles. The summed E-state index contributed by atoms with van der Waals surface area (Å²) in [6.07, 6.45) is 16.0. The first kappa shape index (κ1) is 64.3. The lowest BCUT2D eigenvalue weighted by Crippen LogP contribution is -2.66. The number of carbonyl (C=O) groups excluding carboxylic acids is 1. The lowest BCUT2D eigenvalue weighted by atomic mass is 9.96. The van der Waals surface area contributed by atoms with Gasteiger partial charge in [-0.3, -0.25) is 4.79 Å². The summed E-state index contributed by atoms with van der Waals surface area (Å²) in [6.45, 7) is 1.44. The predicted molar refractivity (Wildman–Crippen MR) is 272 cm³/mol. The van der Waals surface area contributed by atoms with Crippen LogP contribution in [0.1, 0.15) is 117 Å². The maximum atomic E-state index is 13.2. The van der Waals surface area contributed by atoms with Crippen LogP contribution in [0.2, 0.25) is 0 Å². The van der Waals surface area contributed by atoms with E-state index in [-0.39, 0.29) is 18.9 Å². The average molecular weight is 1040 g/mol. The second kappa shape index (κ2) is 37.7. The molecule has 418 valence electrons. The first-order valence-electron chi connectivity index (χ1n) is 26.3. The first-order valence-corrected chi connectivity index (χ1v) is 26.3. The van der Waals surface area contributed by atoms with E-state index in [1.807, 2.05) is 0 Å². The molecule has 0 saturated carbocycles. The highest BCUT2D eigenvalue weighted by molar-refractivity contribution is 5.76. The van der Waals surface area contributed by atoms with E-state index in [0.717, 1.165) is 77.0 Å². The average Bonchev–Trinajstić information content (AvgIpc) is 3.39. The van der Waals surface area contributed by atoms with E-state index in [2.05, 4.69) is 92.1 Å². The molecule has 3 heterocycles. The Morgan fingerprint density at radius 2 is 0.959 bits per heavy atom. The molecule has 3 rings (SSSR count). The molecule has 19 heteroatoms. The lowest BCUT2D eigenvalue weighted by molar-refractivity contribution is -0.379. The van der Waals surface area contributed by atoms with E-state index in [9.17, 15) is 61.0 Å². The van der Waals surface area contributed by atoms with Crippen LogP contribution in [0, 0.1) is 0 Å². The van der Waals surface area contributed by atoms with Crippen molar-refractivity contribution >= 4 is 5.91 Å². The third-order valence-corrected chi connectivity index (χ3v) is 12.7. The van der Waals surface area contributed by atoms with Gasteiger partial charge in [-0.1, -0.05) is 118 Å². The van der Waals surface area contributed by atoms with Crippen LogP contribution in [0.25, 0.3) is 0 Å². The van der Waals surface area contributed by atoms with E-state index in [1.165, 1.54) is 6.42 Å². The van der Waals surface area contributed by atoms with E-state index in [4.69, 9.17) is 28.4 Å². The Balaban J connectivity index is 1.54. The van der Waals surface area contributed by atoms with E-state index >= 15 is 0 Å². The van der Waals surface area contributed by atoms with E-state index in [1.54, 1.807) is 12.2 Å². The molecule has 17 atom stereocenters. The molecule has 73 heavy (non-hydrogen) atoms. The van der Waals surface area contributed by atoms with Crippen LogP contribution < -0.4 is 5.32 Å². The van der Waals surface area contributed by atoms with Gasteiger partial charge in [0.1, 0.15) is 73.2 Å². The Morgan fingerprint density at radius 1 is 0.507 bits per heavy atom. The van der Waals surface area contributed by atoms with Gasteiger partial charge in [-0.25, -0.2) is 0 Å². The summed E-state index contributed by atoms with van der Waals surface area (Å²) in [5.74, 6) is -0.326. The summed E-state index contributed by atoms with van der Waals surface area (Å²) < 4.78 is 34.0. The number of amides is 1. The Hall–Kier alpha value is -3.03. The number of unbranched alkanes of at least 4 members (excludes halogenated alkanes) is 7. The third-order valence-electron chi connectivity index (χ3n) is 12.7. The molecule has 0 radical (unpaired) electrons. The number of ether oxygens (including phenoxy) is 6. The number of aliphatic hydroxyl groups is 11. The topological polar surface area (TPSA) is 307 Å². The molecule has 19 nitrogen and oxygen atoms in total. The predicted octanol–water partition coefficient (Wildman–Crippen LogP) is 2.47. The van der Waals surface area contributed by atoms with Crippen LogP contribution in [0.15, 0.2) is 85.1 Å². The highest BCUT2D eigenvalue weighted by Gasteiger charge is 2.53. The van der Waals surface area contributed by atoms with Gasteiger partial charge in [0.15, 0.2) is 18.9 Å². The normalized spacial score (nSPS) is 32.4. The molecule has 3 fully saturated rings. The summed E-state index contributed by atoms with van der Waals surface area (Å²) in [5, 5.41) is 119. The number of aliphatic hydroxyl groups excluding tert-OH is 11. The summed E-state index contributed by atoms with van der Waals surface area (Å²) in [7, 11) is 0. The van der Waals surface area contributed by atoms with Gasteiger partial charge in [0.25, 0.3) is 0 Å². The van der Waals surface area contributed by atoms with Crippen LogP contribution in [0.3, 0.4) is 0 Å². The van der Waals surface area contributed by atoms with Gasteiger partial charge in [-0.2, -0.15) is 0 Å². The van der Waals surface area contributed by atoms with Gasteiger partial charge in [0.2, 0.25) is 5.91 Å². The Labute approximate surface area is 431 Å². The Kier molecular flexibility index (Phi) is 33.2. The molecular formula is C54H89NO18. The minimum atomic E-state index is -1.99. The van der Waals surface area contributed by atoms with Crippen molar-refractivity contribution in [2.45, 2.75) is 221 Å². The van der Waals surface area contributed by atoms with Crippen molar-refractivity contribution in [3.63, 3.8) is 0 Å². The second-order valence-electron chi connectivity index (χ2n) is 18.6. The number of nitrogens with one attached hydrogen (secondary N) is 1. The second-order valence-corrected chi connectivity index (χ2v) is 18.6. The maximum absolute atomic E-state index is 13.2. The van der Waals surface area contributed by atoms with Gasteiger partial charge in [0, 0.05) is 6.42 Å². The summed E-state index contributed by atoms with van der Waals surface area (Å²) in [4.78, 5) is 13.2. The maximum Gasteiger partial charge on any atom is 0.220 e. The molecule has 0 aromatic rings. The van der Waals surface area contributed by atoms with Gasteiger partial charge < -0.3 is 89.9 Å². The molecule has 0 spiro atoms. The molecule has 3 saturated heterocycles. The summed E-state index contributed by atoms with van der Waals surface area (Å²) in [5.41, 5.74) is 0. The Bertz CT molecular complexity index is 1670. The minimum Gasteiger partial charge on any atom is -0.394 e. The fourth-order valence-corrected chi connectivity index (χ4v) is 8.29. The standard InChI is InChI=1S/C54H89NO18/c1-3-5-7-9-11-13-14-15-16-17-18-19-20-21-22-24-26-28-30-32-42(60)55-37(38(59)31-29-27-25-23-12-10-8-6-4-2)36-68-52-48(66)45(63)50(40(34-57)70-52)73-54-49(67)46(64)51(41(35-58)71-54)72-53-47(65)44(62)43(61)39(33-56)69-53/h5,7,11-13,15-16,18-19,21-23,29,31,37-41,43-54,56-59,61-67H,3-4,6,8-10,14,17,20,24-28,30,32-36H2,1-2H3,(H,55,60)/b7-5-,13-11-,16-15-,19-18-,22-21-,23-12+,31-29+. The third kappa shape index (κ3) is 23.0. The van der Waals surface area contributed by atoms with Crippen LogP contribution in [-0.4, -0.2) is 193 Å². The van der Waals surface area contributed by atoms with Crippen molar-refractivity contribution in [2.75, 3.05) is 26.4 Å². The highest BCUT2D eigenvalue weighted by atomic mass is 16.8. The largest absolute Gasteiger partial charge is 0.394 e. The molecule has 0 aliphatic carbocycles. The molecule has 12 N–H and O–H groups in total. The number of rotatable bonds is 35. The zero-order valence-corrected chi connectivity index (χ0v) is 42.8. The van der Waals surface area contributed by atoms with Gasteiger partial charge in [-0.05, 0) is 77.0 Å². The summed E-state index contributed by atoms with van der Waals surface area (Å²) in [6, 6.07) is -1.01. The van der Waals surface area contributed by atoms with Crippen LogP contribution in [-0.2, 0) is 33.2 Å². The van der Waals surface area contributed by atoms with Crippen molar-refractivity contribution in [1.29, 1.82) is 0 Å². The highest BCUT2D eigenvalue weighted by Crippen LogP contribution is 2.33. The van der Waals surface area contributed by atoms with E-state index in [0.29, 0.717) is 12.8 Å². The van der Waals surface area contributed by atoms with Crippen molar-refractivity contribution in [1.82, 2.24) is 5.32 Å². The minimum absolute atomic E-state index is 0.190. The first-order chi connectivity index (χ1) is 35.3. The van der Waals surface area contributed by atoms with Crippen molar-refractivity contribution < 1.29 is 89.4 Å². The molecule has 17 unspecified atom stereocenters. The van der Waals surface area contributed by atoms with Crippen LogP contribution in [0.4, 0.5) is 0 Å². The summed E-state index contributed by atoms with van der Waals surface area (Å²) >= 11 is 0. The fraction of sp³-hybridized carbons (Fsp3) is 0.722. The van der Waals surface area contributed by atoms with Gasteiger partial charge in [0.05, 0.1) is 38.6 Å². The van der Waals surface area contributed by atoms with E-state index < -0.39 is 124 Å².